The van der Waals surface area contributed by atoms with Crippen molar-refractivity contribution in [2.45, 2.75) is 46.2 Å². The van der Waals surface area contributed by atoms with E-state index in [2.05, 4.69) is 16.0 Å². The average molecular weight is 363 g/mol. The highest BCUT2D eigenvalue weighted by atomic mass is 16.5. The van der Waals surface area contributed by atoms with Gasteiger partial charge < -0.3 is 20.7 Å². The molecule has 26 heavy (non-hydrogen) atoms. The summed E-state index contributed by atoms with van der Waals surface area (Å²) in [5, 5.41) is 8.06. The van der Waals surface area contributed by atoms with Crippen molar-refractivity contribution in [1.82, 2.24) is 16.0 Å². The van der Waals surface area contributed by atoms with Crippen LogP contribution in [0.4, 0.5) is 0 Å². The summed E-state index contributed by atoms with van der Waals surface area (Å²) in [6.07, 6.45) is 0. The summed E-state index contributed by atoms with van der Waals surface area (Å²) in [7, 11) is 1.55. The molecular formula is C19H29N3O4. The molecule has 1 aromatic carbocycles. The average Bonchev–Trinajstić information content (AvgIpc) is 2.55. The van der Waals surface area contributed by atoms with Crippen LogP contribution in [0.2, 0.25) is 0 Å². The van der Waals surface area contributed by atoms with Crippen LogP contribution in [-0.4, -0.2) is 43.0 Å². The Kier molecular flexibility index (Phi) is 7.61. The summed E-state index contributed by atoms with van der Waals surface area (Å²) in [4.78, 5) is 36.6. The maximum Gasteiger partial charge on any atom is 0.251 e. The number of ether oxygens (including phenoxy) is 1. The molecule has 3 amide bonds. The van der Waals surface area contributed by atoms with Gasteiger partial charge in [0.2, 0.25) is 11.8 Å². The number of carbonyl (C=O) groups is 3. The van der Waals surface area contributed by atoms with Gasteiger partial charge in [0.05, 0.1) is 13.7 Å². The van der Waals surface area contributed by atoms with Gasteiger partial charge in [-0.2, -0.15) is 0 Å². The highest BCUT2D eigenvalue weighted by molar-refractivity contribution is 5.98. The third-order valence-electron chi connectivity index (χ3n) is 3.53. The first-order chi connectivity index (χ1) is 12.0. The molecule has 0 radical (unpaired) electrons. The van der Waals surface area contributed by atoms with Gasteiger partial charge in [-0.05, 0) is 51.0 Å². The third-order valence-corrected chi connectivity index (χ3v) is 3.53. The van der Waals surface area contributed by atoms with Crippen LogP contribution in [0.15, 0.2) is 24.3 Å². The quantitative estimate of drug-likeness (QED) is 0.684. The van der Waals surface area contributed by atoms with Crippen molar-refractivity contribution in [2.24, 2.45) is 5.92 Å². The maximum atomic E-state index is 12.4. The molecule has 7 nitrogen and oxygen atoms in total. The molecule has 0 unspecified atom stereocenters. The van der Waals surface area contributed by atoms with Crippen LogP contribution >= 0.6 is 0 Å². The smallest absolute Gasteiger partial charge is 0.251 e. The topological polar surface area (TPSA) is 96.5 Å². The number of carbonyl (C=O) groups excluding carboxylic acids is 3. The van der Waals surface area contributed by atoms with Gasteiger partial charge in [0.1, 0.15) is 11.8 Å². The summed E-state index contributed by atoms with van der Waals surface area (Å²) >= 11 is 0. The molecule has 0 aromatic heterocycles. The monoisotopic (exact) mass is 363 g/mol. The van der Waals surface area contributed by atoms with Crippen molar-refractivity contribution in [2.75, 3.05) is 13.7 Å². The molecule has 0 aliphatic heterocycles. The molecule has 0 fully saturated rings. The van der Waals surface area contributed by atoms with Crippen molar-refractivity contribution in [3.05, 3.63) is 29.8 Å². The number of nitrogens with one attached hydrogen (secondary N) is 3. The van der Waals surface area contributed by atoms with E-state index in [0.717, 1.165) is 0 Å². The molecule has 0 aliphatic rings. The lowest BCUT2D eigenvalue weighted by molar-refractivity contribution is -0.128. The van der Waals surface area contributed by atoms with Crippen LogP contribution in [0.5, 0.6) is 5.75 Å². The molecule has 1 atom stereocenters. The van der Waals surface area contributed by atoms with Crippen LogP contribution in [0.3, 0.4) is 0 Å². The predicted octanol–water partition coefficient (Wildman–Crippen LogP) is 1.48. The zero-order valence-corrected chi connectivity index (χ0v) is 16.3. The largest absolute Gasteiger partial charge is 0.497 e. The summed E-state index contributed by atoms with van der Waals surface area (Å²) in [5.41, 5.74) is 0.0525. The second-order valence-electron chi connectivity index (χ2n) is 7.44. The first-order valence-corrected chi connectivity index (χ1v) is 8.57. The van der Waals surface area contributed by atoms with Crippen LogP contribution in [-0.2, 0) is 9.59 Å². The lowest BCUT2D eigenvalue weighted by Crippen LogP contribution is -2.52. The number of hydrogen-bond donors (Lipinski definition) is 3. The van der Waals surface area contributed by atoms with Crippen molar-refractivity contribution in [3.63, 3.8) is 0 Å². The maximum absolute atomic E-state index is 12.4. The standard InChI is InChI=1S/C19H29N3O4/c1-12(2)16(18(25)20-11-15(23)22-19(3,4)5)21-17(24)13-7-9-14(26-6)10-8-13/h7-10,12,16H,11H2,1-6H3,(H,20,25)(H,21,24)(H,22,23)/t16-/m0/s1. The molecular weight excluding hydrogens is 334 g/mol. The molecule has 0 bridgehead atoms. The second kappa shape index (κ2) is 9.22. The van der Waals surface area contributed by atoms with E-state index in [0.29, 0.717) is 11.3 Å². The van der Waals surface area contributed by atoms with E-state index in [1.54, 1.807) is 31.4 Å². The van der Waals surface area contributed by atoms with E-state index in [1.807, 2.05) is 34.6 Å². The Labute approximate surface area is 154 Å². The van der Waals surface area contributed by atoms with Crippen LogP contribution in [0, 0.1) is 5.92 Å². The zero-order valence-electron chi connectivity index (χ0n) is 16.3. The molecule has 3 N–H and O–H groups in total. The minimum atomic E-state index is -0.743. The number of methoxy groups -OCH3 is 1. The summed E-state index contributed by atoms with van der Waals surface area (Å²) < 4.78 is 5.06. The fourth-order valence-corrected chi connectivity index (χ4v) is 2.24. The lowest BCUT2D eigenvalue weighted by Gasteiger charge is -2.23. The zero-order chi connectivity index (χ0) is 19.9. The lowest BCUT2D eigenvalue weighted by atomic mass is 10.0. The van der Waals surface area contributed by atoms with Crippen LogP contribution in [0.1, 0.15) is 45.0 Å². The van der Waals surface area contributed by atoms with E-state index in [4.69, 9.17) is 4.74 Å². The molecule has 0 saturated heterocycles. The van der Waals surface area contributed by atoms with Crippen LogP contribution < -0.4 is 20.7 Å². The Morgan fingerprint density at radius 2 is 1.65 bits per heavy atom. The molecule has 1 aromatic rings. The van der Waals surface area contributed by atoms with Crippen molar-refractivity contribution in [3.8, 4) is 5.75 Å². The number of rotatable bonds is 7. The Balaban J connectivity index is 2.67. The minimum Gasteiger partial charge on any atom is -0.497 e. The van der Waals surface area contributed by atoms with Gasteiger partial charge in [-0.25, -0.2) is 0 Å². The number of benzene rings is 1. The Hall–Kier alpha value is -2.57. The van der Waals surface area contributed by atoms with Gasteiger partial charge in [0.15, 0.2) is 0 Å². The van der Waals surface area contributed by atoms with Gasteiger partial charge in [-0.3, -0.25) is 14.4 Å². The molecule has 7 heteroatoms. The second-order valence-corrected chi connectivity index (χ2v) is 7.44. The summed E-state index contributed by atoms with van der Waals surface area (Å²) in [5.74, 6) is -0.533. The highest BCUT2D eigenvalue weighted by Gasteiger charge is 2.25. The van der Waals surface area contributed by atoms with Gasteiger partial charge >= 0.3 is 0 Å². The molecule has 0 saturated carbocycles. The summed E-state index contributed by atoms with van der Waals surface area (Å²) in [6.45, 7) is 9.09. The number of hydrogen-bond acceptors (Lipinski definition) is 4. The predicted molar refractivity (Wildman–Crippen MR) is 100.0 cm³/mol. The van der Waals surface area contributed by atoms with E-state index in [9.17, 15) is 14.4 Å². The Bertz CT molecular complexity index is 633. The van der Waals surface area contributed by atoms with Gasteiger partial charge in [0.25, 0.3) is 5.91 Å². The first-order valence-electron chi connectivity index (χ1n) is 8.57. The highest BCUT2D eigenvalue weighted by Crippen LogP contribution is 2.12. The fourth-order valence-electron chi connectivity index (χ4n) is 2.24. The van der Waals surface area contributed by atoms with E-state index in [-0.39, 0.29) is 29.8 Å². The van der Waals surface area contributed by atoms with Crippen molar-refractivity contribution >= 4 is 17.7 Å². The van der Waals surface area contributed by atoms with Crippen molar-refractivity contribution in [1.29, 1.82) is 0 Å². The van der Waals surface area contributed by atoms with Gasteiger partial charge in [0, 0.05) is 11.1 Å². The number of amides is 3. The molecule has 144 valence electrons. The fraction of sp³-hybridized carbons (Fsp3) is 0.526. The molecule has 0 spiro atoms. The molecule has 0 aliphatic carbocycles. The SMILES string of the molecule is COc1ccc(C(=O)N[C@H](C(=O)NCC(=O)NC(C)(C)C)C(C)C)cc1. The minimum absolute atomic E-state index is 0.136. The van der Waals surface area contributed by atoms with E-state index in [1.165, 1.54) is 0 Å². The third kappa shape index (κ3) is 7.13. The molecule has 0 heterocycles. The van der Waals surface area contributed by atoms with Crippen LogP contribution in [0.25, 0.3) is 0 Å². The van der Waals surface area contributed by atoms with E-state index >= 15 is 0 Å². The first kappa shape index (κ1) is 21.5. The normalized spacial score (nSPS) is 12.3. The summed E-state index contributed by atoms with van der Waals surface area (Å²) in [6, 6.07) is 5.86. The van der Waals surface area contributed by atoms with E-state index < -0.39 is 11.9 Å². The molecule has 1 rings (SSSR count). The van der Waals surface area contributed by atoms with Crippen molar-refractivity contribution < 1.29 is 19.1 Å². The Morgan fingerprint density at radius 1 is 1.08 bits per heavy atom. The van der Waals surface area contributed by atoms with Gasteiger partial charge in [-0.1, -0.05) is 13.8 Å². The Morgan fingerprint density at radius 3 is 2.12 bits per heavy atom. The van der Waals surface area contributed by atoms with Gasteiger partial charge in [-0.15, -0.1) is 0 Å².